The van der Waals surface area contributed by atoms with Gasteiger partial charge in [-0.25, -0.2) is 0 Å². The standard InChI is InChI=1S/C14H32N2O2/c1-5-15(6-2)9-10-16(13(3)7-11-17)14(4)8-12-18/h13-14,17-18H,5-12H2,1-4H3. The molecule has 0 aromatic carbocycles. The maximum atomic E-state index is 9.08. The van der Waals surface area contributed by atoms with E-state index in [2.05, 4.69) is 37.5 Å². The largest absolute Gasteiger partial charge is 0.396 e. The van der Waals surface area contributed by atoms with Gasteiger partial charge in [0.15, 0.2) is 0 Å². The minimum absolute atomic E-state index is 0.231. The summed E-state index contributed by atoms with van der Waals surface area (Å²) in [5, 5.41) is 18.2. The van der Waals surface area contributed by atoms with Crippen LogP contribution >= 0.6 is 0 Å². The van der Waals surface area contributed by atoms with E-state index in [1.165, 1.54) is 0 Å². The zero-order chi connectivity index (χ0) is 14.0. The first-order chi connectivity index (χ1) is 8.60. The van der Waals surface area contributed by atoms with Gasteiger partial charge < -0.3 is 15.1 Å². The highest BCUT2D eigenvalue weighted by Crippen LogP contribution is 2.11. The number of hydrogen-bond acceptors (Lipinski definition) is 4. The molecule has 0 radical (unpaired) electrons. The van der Waals surface area contributed by atoms with E-state index in [0.717, 1.165) is 39.0 Å². The van der Waals surface area contributed by atoms with E-state index in [9.17, 15) is 0 Å². The van der Waals surface area contributed by atoms with Crippen molar-refractivity contribution in [3.05, 3.63) is 0 Å². The molecule has 0 amide bonds. The molecule has 0 bridgehead atoms. The monoisotopic (exact) mass is 260 g/mol. The van der Waals surface area contributed by atoms with Crippen LogP contribution in [-0.4, -0.2) is 71.5 Å². The van der Waals surface area contributed by atoms with E-state index in [1.807, 2.05) is 0 Å². The minimum atomic E-state index is 0.231. The van der Waals surface area contributed by atoms with Crippen molar-refractivity contribution < 1.29 is 10.2 Å². The van der Waals surface area contributed by atoms with Crippen molar-refractivity contribution in [3.8, 4) is 0 Å². The van der Waals surface area contributed by atoms with Crippen molar-refractivity contribution in [2.45, 2.75) is 52.6 Å². The summed E-state index contributed by atoms with van der Waals surface area (Å²) in [5.41, 5.74) is 0. The van der Waals surface area contributed by atoms with E-state index >= 15 is 0 Å². The summed E-state index contributed by atoms with van der Waals surface area (Å²) in [5.74, 6) is 0. The average molecular weight is 260 g/mol. The summed E-state index contributed by atoms with van der Waals surface area (Å²) in [6.07, 6.45) is 1.60. The van der Waals surface area contributed by atoms with Gasteiger partial charge in [0.25, 0.3) is 0 Å². The molecule has 18 heavy (non-hydrogen) atoms. The van der Waals surface area contributed by atoms with Gasteiger partial charge in [-0.1, -0.05) is 13.8 Å². The predicted molar refractivity (Wildman–Crippen MR) is 76.8 cm³/mol. The first-order valence-corrected chi connectivity index (χ1v) is 7.30. The molecule has 2 atom stereocenters. The fourth-order valence-electron chi connectivity index (χ4n) is 2.38. The number of rotatable bonds is 11. The molecule has 0 saturated carbocycles. The molecule has 0 aliphatic carbocycles. The minimum Gasteiger partial charge on any atom is -0.396 e. The van der Waals surface area contributed by atoms with E-state index in [-0.39, 0.29) is 13.2 Å². The molecule has 4 nitrogen and oxygen atoms in total. The summed E-state index contributed by atoms with van der Waals surface area (Å²) in [6, 6.07) is 0.735. The summed E-state index contributed by atoms with van der Waals surface area (Å²) in [7, 11) is 0. The van der Waals surface area contributed by atoms with Gasteiger partial charge in [-0.2, -0.15) is 0 Å². The quantitative estimate of drug-likeness (QED) is 0.585. The molecule has 0 aliphatic heterocycles. The second-order valence-corrected chi connectivity index (χ2v) is 4.99. The lowest BCUT2D eigenvalue weighted by Crippen LogP contribution is -2.45. The summed E-state index contributed by atoms with van der Waals surface area (Å²) in [4.78, 5) is 4.81. The zero-order valence-electron chi connectivity index (χ0n) is 12.6. The third-order valence-electron chi connectivity index (χ3n) is 3.79. The van der Waals surface area contributed by atoms with E-state index in [4.69, 9.17) is 10.2 Å². The maximum absolute atomic E-state index is 9.08. The Balaban J connectivity index is 4.36. The summed E-state index contributed by atoms with van der Waals surface area (Å²) < 4.78 is 0. The van der Waals surface area contributed by atoms with Crippen molar-refractivity contribution in [1.29, 1.82) is 0 Å². The highest BCUT2D eigenvalue weighted by molar-refractivity contribution is 4.75. The Kier molecular flexibility index (Phi) is 10.6. The molecule has 0 spiro atoms. The van der Waals surface area contributed by atoms with Crippen LogP contribution in [0.1, 0.15) is 40.5 Å². The second kappa shape index (κ2) is 10.7. The number of aliphatic hydroxyl groups is 2. The molecule has 0 rings (SSSR count). The van der Waals surface area contributed by atoms with Crippen molar-refractivity contribution in [3.63, 3.8) is 0 Å². The van der Waals surface area contributed by atoms with Gasteiger partial charge in [-0.15, -0.1) is 0 Å². The molecule has 2 unspecified atom stereocenters. The van der Waals surface area contributed by atoms with Gasteiger partial charge in [0.05, 0.1) is 0 Å². The van der Waals surface area contributed by atoms with Crippen LogP contribution in [-0.2, 0) is 0 Å². The van der Waals surface area contributed by atoms with Crippen LogP contribution in [0.4, 0.5) is 0 Å². The molecule has 110 valence electrons. The topological polar surface area (TPSA) is 46.9 Å². The van der Waals surface area contributed by atoms with Crippen molar-refractivity contribution in [2.75, 3.05) is 39.4 Å². The molecule has 0 aromatic heterocycles. The fraction of sp³-hybridized carbons (Fsp3) is 1.00. The smallest absolute Gasteiger partial charge is 0.0445 e. The lowest BCUT2D eigenvalue weighted by atomic mass is 10.1. The van der Waals surface area contributed by atoms with Crippen molar-refractivity contribution in [2.24, 2.45) is 0 Å². The van der Waals surface area contributed by atoms with Crippen molar-refractivity contribution >= 4 is 0 Å². The Hall–Kier alpha value is -0.160. The van der Waals surface area contributed by atoms with Crippen LogP contribution in [0, 0.1) is 0 Å². The lowest BCUT2D eigenvalue weighted by Gasteiger charge is -2.35. The van der Waals surface area contributed by atoms with Crippen molar-refractivity contribution in [1.82, 2.24) is 9.80 Å². The van der Waals surface area contributed by atoms with Crippen LogP contribution < -0.4 is 0 Å². The number of nitrogens with zero attached hydrogens (tertiary/aromatic N) is 2. The average Bonchev–Trinajstić information content (AvgIpc) is 2.35. The number of likely N-dealkylation sites (N-methyl/N-ethyl adjacent to an activating group) is 1. The lowest BCUT2D eigenvalue weighted by molar-refractivity contribution is 0.0951. The number of hydrogen-bond donors (Lipinski definition) is 2. The Morgan fingerprint density at radius 3 is 1.61 bits per heavy atom. The molecule has 4 heteroatoms. The zero-order valence-corrected chi connectivity index (χ0v) is 12.6. The molecule has 2 N–H and O–H groups in total. The van der Waals surface area contributed by atoms with Gasteiger partial charge in [-0.05, 0) is 39.8 Å². The third-order valence-corrected chi connectivity index (χ3v) is 3.79. The normalized spacial score (nSPS) is 15.3. The second-order valence-electron chi connectivity index (χ2n) is 4.99. The molecular weight excluding hydrogens is 228 g/mol. The van der Waals surface area contributed by atoms with Gasteiger partial charge in [0.1, 0.15) is 0 Å². The Bertz CT molecular complexity index is 175. The predicted octanol–water partition coefficient (Wildman–Crippen LogP) is 1.17. The number of aliphatic hydroxyl groups excluding tert-OH is 2. The van der Waals surface area contributed by atoms with Gasteiger partial charge in [0, 0.05) is 38.4 Å². The Labute approximate surface area is 113 Å². The molecule has 0 fully saturated rings. The molecule has 0 heterocycles. The maximum Gasteiger partial charge on any atom is 0.0445 e. The summed E-state index contributed by atoms with van der Waals surface area (Å²) in [6.45, 7) is 13.4. The van der Waals surface area contributed by atoms with E-state index < -0.39 is 0 Å². The van der Waals surface area contributed by atoms with E-state index in [0.29, 0.717) is 12.1 Å². The highest BCUT2D eigenvalue weighted by Gasteiger charge is 2.19. The first-order valence-electron chi connectivity index (χ1n) is 7.30. The fourth-order valence-corrected chi connectivity index (χ4v) is 2.38. The molecular formula is C14H32N2O2. The molecule has 0 aliphatic rings. The van der Waals surface area contributed by atoms with Gasteiger partial charge in [-0.3, -0.25) is 4.90 Å². The molecule has 0 saturated heterocycles. The Morgan fingerprint density at radius 2 is 1.28 bits per heavy atom. The first kappa shape index (κ1) is 17.8. The van der Waals surface area contributed by atoms with Crippen LogP contribution in [0.5, 0.6) is 0 Å². The van der Waals surface area contributed by atoms with Gasteiger partial charge in [0.2, 0.25) is 0 Å². The van der Waals surface area contributed by atoms with Crippen LogP contribution in [0.3, 0.4) is 0 Å². The molecule has 0 aromatic rings. The Morgan fingerprint density at radius 1 is 0.833 bits per heavy atom. The van der Waals surface area contributed by atoms with E-state index in [1.54, 1.807) is 0 Å². The highest BCUT2D eigenvalue weighted by atomic mass is 16.3. The summed E-state index contributed by atoms with van der Waals surface area (Å²) >= 11 is 0. The third kappa shape index (κ3) is 6.69. The van der Waals surface area contributed by atoms with Gasteiger partial charge >= 0.3 is 0 Å². The van der Waals surface area contributed by atoms with Crippen LogP contribution in [0.25, 0.3) is 0 Å². The van der Waals surface area contributed by atoms with Crippen LogP contribution in [0.15, 0.2) is 0 Å². The SMILES string of the molecule is CCN(CC)CCN(C(C)CCO)C(C)CCO. The van der Waals surface area contributed by atoms with Crippen LogP contribution in [0.2, 0.25) is 0 Å².